The Kier molecular flexibility index (Phi) is 4.24. The number of ether oxygens (including phenoxy) is 4. The lowest BCUT2D eigenvalue weighted by Crippen LogP contribution is -2.15. The van der Waals surface area contributed by atoms with Crippen LogP contribution in [-0.2, 0) is 9.53 Å². The monoisotopic (exact) mass is 417 g/mol. The number of benzene rings is 2. The molecule has 2 aromatic carbocycles. The zero-order valence-electron chi connectivity index (χ0n) is 14.2. The van der Waals surface area contributed by atoms with Crippen molar-refractivity contribution in [3.05, 3.63) is 52.1 Å². The predicted molar refractivity (Wildman–Crippen MR) is 99.0 cm³/mol. The molecule has 1 aliphatic heterocycles. The summed E-state index contributed by atoms with van der Waals surface area (Å²) in [4.78, 5) is 15.9. The molecule has 3 aromatic rings. The number of fused-ring (bicyclic) bond motifs is 2. The van der Waals surface area contributed by atoms with Crippen molar-refractivity contribution in [2.75, 3.05) is 21.0 Å². The third kappa shape index (κ3) is 2.68. The van der Waals surface area contributed by atoms with E-state index in [2.05, 4.69) is 20.9 Å². The van der Waals surface area contributed by atoms with Gasteiger partial charge in [0, 0.05) is 21.6 Å². The van der Waals surface area contributed by atoms with Gasteiger partial charge >= 0.3 is 5.97 Å². The van der Waals surface area contributed by atoms with Gasteiger partial charge in [0.25, 0.3) is 0 Å². The Hall–Kier alpha value is -2.67. The van der Waals surface area contributed by atoms with Crippen LogP contribution >= 0.6 is 15.9 Å². The molecule has 0 saturated carbocycles. The third-order valence-electron chi connectivity index (χ3n) is 4.44. The number of carbonyl (C=O) groups excluding carboxylic acids is 1. The fourth-order valence-electron chi connectivity index (χ4n) is 3.24. The Balaban J connectivity index is 1.90. The van der Waals surface area contributed by atoms with Gasteiger partial charge in [0.2, 0.25) is 12.5 Å². The molecule has 0 fully saturated rings. The number of hydrogen-bond donors (Lipinski definition) is 1. The normalized spacial score (nSPS) is 13.7. The van der Waals surface area contributed by atoms with Gasteiger partial charge in [-0.15, -0.1) is 0 Å². The number of aromatic nitrogens is 1. The van der Waals surface area contributed by atoms with Crippen molar-refractivity contribution in [1.29, 1.82) is 0 Å². The first-order valence-electron chi connectivity index (χ1n) is 7.94. The van der Waals surface area contributed by atoms with Crippen LogP contribution in [0.4, 0.5) is 0 Å². The van der Waals surface area contributed by atoms with Crippen molar-refractivity contribution in [3.63, 3.8) is 0 Å². The molecule has 1 aliphatic rings. The summed E-state index contributed by atoms with van der Waals surface area (Å²) in [6.45, 7) is 0.124. The minimum atomic E-state index is -0.627. The minimum absolute atomic E-state index is 0.124. The summed E-state index contributed by atoms with van der Waals surface area (Å²) in [5.41, 5.74) is 2.46. The van der Waals surface area contributed by atoms with Gasteiger partial charge in [-0.05, 0) is 35.4 Å². The van der Waals surface area contributed by atoms with Gasteiger partial charge in [-0.3, -0.25) is 4.79 Å². The first-order valence-corrected chi connectivity index (χ1v) is 8.73. The largest absolute Gasteiger partial charge is 0.493 e. The summed E-state index contributed by atoms with van der Waals surface area (Å²) >= 11 is 3.46. The number of hydrogen-bond acceptors (Lipinski definition) is 5. The number of halogens is 1. The number of H-pyrrole nitrogens is 1. The molecule has 0 bridgehead atoms. The van der Waals surface area contributed by atoms with Crippen molar-refractivity contribution >= 4 is 32.8 Å². The number of nitrogens with one attached hydrogen (secondary N) is 1. The Morgan fingerprint density at radius 2 is 2.08 bits per heavy atom. The van der Waals surface area contributed by atoms with Gasteiger partial charge in [-0.2, -0.15) is 0 Å². The summed E-state index contributed by atoms with van der Waals surface area (Å²) < 4.78 is 22.4. The number of carbonyl (C=O) groups is 1. The second-order valence-corrected chi connectivity index (χ2v) is 6.76. The molecule has 134 valence electrons. The van der Waals surface area contributed by atoms with Gasteiger partial charge in [0.15, 0.2) is 11.5 Å². The molecule has 7 heteroatoms. The predicted octanol–water partition coefficient (Wildman–Crippen LogP) is 3.97. The molecule has 1 unspecified atom stereocenters. The zero-order chi connectivity index (χ0) is 18.3. The highest BCUT2D eigenvalue weighted by Gasteiger charge is 2.30. The second kappa shape index (κ2) is 6.57. The van der Waals surface area contributed by atoms with Crippen molar-refractivity contribution in [3.8, 4) is 17.2 Å². The van der Waals surface area contributed by atoms with Crippen LogP contribution in [0.2, 0.25) is 0 Å². The summed E-state index contributed by atoms with van der Waals surface area (Å²) in [7, 11) is 2.93. The highest BCUT2D eigenvalue weighted by Crippen LogP contribution is 2.45. The Bertz CT molecular complexity index is 997. The molecular weight excluding hydrogens is 402 g/mol. The topological polar surface area (TPSA) is 69.8 Å². The zero-order valence-corrected chi connectivity index (χ0v) is 15.8. The summed E-state index contributed by atoms with van der Waals surface area (Å²) in [6, 6.07) is 9.45. The Morgan fingerprint density at radius 1 is 1.23 bits per heavy atom. The average molecular weight is 418 g/mol. The van der Waals surface area contributed by atoms with Crippen LogP contribution in [-0.4, -0.2) is 32.0 Å². The van der Waals surface area contributed by atoms with Gasteiger partial charge in [0.1, 0.15) is 5.92 Å². The number of methoxy groups -OCH3 is 2. The maximum atomic E-state index is 12.7. The van der Waals surface area contributed by atoms with Gasteiger partial charge in [-0.25, -0.2) is 0 Å². The second-order valence-electron chi connectivity index (χ2n) is 5.85. The highest BCUT2D eigenvalue weighted by atomic mass is 79.9. The molecule has 0 radical (unpaired) electrons. The number of rotatable bonds is 4. The van der Waals surface area contributed by atoms with E-state index in [0.29, 0.717) is 22.8 Å². The molecule has 0 aliphatic carbocycles. The van der Waals surface area contributed by atoms with Crippen LogP contribution < -0.4 is 14.2 Å². The molecule has 6 nitrogen and oxygen atoms in total. The Labute approximate surface area is 158 Å². The van der Waals surface area contributed by atoms with Gasteiger partial charge in [0.05, 0.1) is 14.2 Å². The van der Waals surface area contributed by atoms with E-state index in [4.69, 9.17) is 18.9 Å². The van der Waals surface area contributed by atoms with E-state index in [-0.39, 0.29) is 12.8 Å². The smallest absolute Gasteiger partial charge is 0.317 e. The van der Waals surface area contributed by atoms with Gasteiger partial charge in [-0.1, -0.05) is 22.0 Å². The first kappa shape index (κ1) is 16.8. The third-order valence-corrected chi connectivity index (χ3v) is 4.93. The summed E-state index contributed by atoms with van der Waals surface area (Å²) in [6.07, 6.45) is 1.83. The van der Waals surface area contributed by atoms with E-state index < -0.39 is 5.92 Å². The number of aromatic amines is 1. The van der Waals surface area contributed by atoms with Crippen LogP contribution in [0, 0.1) is 0 Å². The molecule has 1 aromatic heterocycles. The standard InChI is InChI=1S/C19H16BrNO5/c1-23-15-5-10(6-16-18(15)26-9-25-16)17(19(22)24-2)13-8-21-14-7-11(20)3-4-12(13)14/h3-8,17,21H,9H2,1-2H3. The van der Waals surface area contributed by atoms with E-state index in [0.717, 1.165) is 20.9 Å². The maximum Gasteiger partial charge on any atom is 0.317 e. The highest BCUT2D eigenvalue weighted by molar-refractivity contribution is 9.10. The fraction of sp³-hybridized carbons (Fsp3) is 0.211. The molecule has 2 heterocycles. The van der Waals surface area contributed by atoms with E-state index in [1.54, 1.807) is 19.2 Å². The molecular formula is C19H16BrNO5. The Morgan fingerprint density at radius 3 is 2.85 bits per heavy atom. The molecule has 1 atom stereocenters. The summed E-state index contributed by atoms with van der Waals surface area (Å²) in [5.74, 6) is 0.623. The lowest BCUT2D eigenvalue weighted by Gasteiger charge is -2.16. The lowest BCUT2D eigenvalue weighted by atomic mass is 9.90. The van der Waals surface area contributed by atoms with Gasteiger partial charge < -0.3 is 23.9 Å². The van der Waals surface area contributed by atoms with Crippen LogP contribution in [0.15, 0.2) is 41.0 Å². The molecule has 4 rings (SSSR count). The van der Waals surface area contributed by atoms with Crippen molar-refractivity contribution in [1.82, 2.24) is 4.98 Å². The van der Waals surface area contributed by atoms with E-state index in [1.807, 2.05) is 24.4 Å². The van der Waals surface area contributed by atoms with Crippen LogP contribution in [0.3, 0.4) is 0 Å². The van der Waals surface area contributed by atoms with E-state index in [9.17, 15) is 4.79 Å². The molecule has 0 saturated heterocycles. The quantitative estimate of drug-likeness (QED) is 0.650. The van der Waals surface area contributed by atoms with E-state index >= 15 is 0 Å². The average Bonchev–Trinajstić information content (AvgIpc) is 3.28. The van der Waals surface area contributed by atoms with Crippen LogP contribution in [0.1, 0.15) is 17.0 Å². The first-order chi connectivity index (χ1) is 12.6. The van der Waals surface area contributed by atoms with Crippen LogP contribution in [0.25, 0.3) is 10.9 Å². The van der Waals surface area contributed by atoms with Crippen molar-refractivity contribution in [2.45, 2.75) is 5.92 Å². The fourth-order valence-corrected chi connectivity index (χ4v) is 3.60. The molecule has 1 N–H and O–H groups in total. The van der Waals surface area contributed by atoms with Crippen molar-refractivity contribution in [2.24, 2.45) is 0 Å². The molecule has 0 amide bonds. The van der Waals surface area contributed by atoms with Crippen LogP contribution in [0.5, 0.6) is 17.2 Å². The molecule has 26 heavy (non-hydrogen) atoms. The maximum absolute atomic E-state index is 12.7. The SMILES string of the molecule is COC(=O)C(c1cc(OC)c2c(c1)OCO2)c1c[nH]c2cc(Br)ccc12. The minimum Gasteiger partial charge on any atom is -0.493 e. The molecule has 0 spiro atoms. The lowest BCUT2D eigenvalue weighted by molar-refractivity contribution is -0.141. The number of esters is 1. The summed E-state index contributed by atoms with van der Waals surface area (Å²) in [5, 5.41) is 0.945. The van der Waals surface area contributed by atoms with E-state index in [1.165, 1.54) is 7.11 Å². The van der Waals surface area contributed by atoms with Crippen molar-refractivity contribution < 1.29 is 23.7 Å².